The maximum atomic E-state index is 15.5. The fourth-order valence-electron chi connectivity index (χ4n) is 22.1. The molecule has 55 heteroatoms. The molecule has 0 spiro atoms. The monoisotopic (exact) mass is 2150 g/mol. The number of aliphatic hydroxyl groups is 27. The third-order valence-corrected chi connectivity index (χ3v) is 30.4. The minimum Gasteiger partial charge on any atom is -0.456 e. The molecule has 51 atom stereocenters. The summed E-state index contributed by atoms with van der Waals surface area (Å²) >= 11 is 0. The Kier molecular flexibility index (Phi) is 37.3. The molecular weight excluding hydrogens is 2020 g/mol. The summed E-state index contributed by atoms with van der Waals surface area (Å²) in [5.74, 6) is -6.84. The first-order valence-electron chi connectivity index (χ1n) is 48.6. The van der Waals surface area contributed by atoms with Gasteiger partial charge in [0.25, 0.3) is 5.91 Å². The molecule has 0 unspecified atom stereocenters. The van der Waals surface area contributed by atoms with Crippen LogP contribution in [-0.2, 0) is 119 Å². The van der Waals surface area contributed by atoms with Crippen molar-refractivity contribution in [2.45, 2.75) is 354 Å². The van der Waals surface area contributed by atoms with Crippen LogP contribution >= 0.6 is 0 Å². The number of hydrogen-bond acceptors (Lipinski definition) is 54. The Morgan fingerprint density at radius 2 is 0.687 bits per heavy atom. The number of ether oxygens (including phenoxy) is 21. The predicted molar refractivity (Wildman–Crippen MR) is 479 cm³/mol. The quantitative estimate of drug-likeness (QED) is 0.0319. The number of carbonyl (C=O) groups is 6. The van der Waals surface area contributed by atoms with Gasteiger partial charge in [0.05, 0.1) is 88.5 Å². The minimum atomic E-state index is -2.39. The maximum absolute atomic E-state index is 15.5. The summed E-state index contributed by atoms with van der Waals surface area (Å²) in [7, 11) is 0. The van der Waals surface area contributed by atoms with Gasteiger partial charge in [0.1, 0.15) is 219 Å². The van der Waals surface area contributed by atoms with Crippen LogP contribution in [0, 0.1) is 16.7 Å². The Hall–Kier alpha value is -7.34. The van der Waals surface area contributed by atoms with E-state index in [2.05, 4.69) is 5.32 Å². The molecule has 1 amide bonds. The van der Waals surface area contributed by atoms with E-state index in [-0.39, 0.29) is 35.3 Å². The summed E-state index contributed by atoms with van der Waals surface area (Å²) in [6, 6.07) is 22.9. The van der Waals surface area contributed by atoms with Crippen molar-refractivity contribution >= 4 is 35.6 Å². The van der Waals surface area contributed by atoms with E-state index in [4.69, 9.17) is 99.5 Å². The van der Waals surface area contributed by atoms with Gasteiger partial charge in [-0.05, 0) is 54.8 Å². The van der Waals surface area contributed by atoms with Gasteiger partial charge < -0.3 is 243 Å². The molecule has 3 aliphatic carbocycles. The van der Waals surface area contributed by atoms with Gasteiger partial charge in [0.2, 0.25) is 0 Å². The minimum absolute atomic E-state index is 0.00289. The number of benzene rings is 3. The van der Waals surface area contributed by atoms with Crippen LogP contribution in [0.4, 0.5) is 0 Å². The molecule has 28 N–H and O–H groups in total. The lowest BCUT2D eigenvalue weighted by Gasteiger charge is -2.67. The first kappa shape index (κ1) is 117. The lowest BCUT2D eigenvalue weighted by atomic mass is 9.44. The number of nitrogens with one attached hydrogen (secondary N) is 1. The summed E-state index contributed by atoms with van der Waals surface area (Å²) in [6.45, 7) is -0.666. The van der Waals surface area contributed by atoms with Crippen LogP contribution in [0.2, 0.25) is 0 Å². The number of hydrogen-bond donors (Lipinski definition) is 28. The fraction of sp³-hybridized carbons (Fsp3) is 0.726. The Bertz CT molecular complexity index is 4600. The van der Waals surface area contributed by atoms with Crippen LogP contribution in [-0.4, -0.2) is 526 Å². The largest absolute Gasteiger partial charge is 0.456 e. The highest BCUT2D eigenvalue weighted by atomic mass is 16.8. The van der Waals surface area contributed by atoms with Crippen molar-refractivity contribution in [1.82, 2.24) is 5.32 Å². The fourth-order valence-corrected chi connectivity index (χ4v) is 22.1. The summed E-state index contributed by atoms with van der Waals surface area (Å²) in [5, 5.41) is 305. The van der Waals surface area contributed by atoms with Crippen molar-refractivity contribution in [1.29, 1.82) is 0 Å². The lowest BCUT2D eigenvalue weighted by molar-refractivity contribution is -0.404. The summed E-state index contributed by atoms with van der Waals surface area (Å²) < 4.78 is 121. The molecule has 2 saturated carbocycles. The van der Waals surface area contributed by atoms with Gasteiger partial charge in [-0.2, -0.15) is 0 Å². The van der Waals surface area contributed by atoms with Crippen LogP contribution < -0.4 is 5.32 Å². The second kappa shape index (κ2) is 48.0. The topological polar surface area (TPSA) is 854 Å². The van der Waals surface area contributed by atoms with E-state index in [0.717, 1.165) is 13.8 Å². The molecule has 34 aliphatic rings. The zero-order valence-corrected chi connectivity index (χ0v) is 81.2. The maximum Gasteiger partial charge on any atom is 0.338 e. The van der Waals surface area contributed by atoms with E-state index >= 15 is 4.79 Å². The van der Waals surface area contributed by atoms with Crippen molar-refractivity contribution in [3.8, 4) is 0 Å². The number of Topliss-reactive ketones (excluding diaryl/α,β-unsaturated/α-hetero) is 1. The third-order valence-electron chi connectivity index (χ3n) is 30.4. The summed E-state index contributed by atoms with van der Waals surface area (Å²) in [4.78, 5) is 83.5. The molecule has 18 bridgehead atoms. The number of esters is 4. The van der Waals surface area contributed by atoms with Crippen molar-refractivity contribution in [3.05, 3.63) is 119 Å². The van der Waals surface area contributed by atoms with Crippen LogP contribution in [0.15, 0.2) is 102 Å². The van der Waals surface area contributed by atoms with E-state index in [0.29, 0.717) is 5.56 Å². The number of fused-ring (bicyclic) bond motifs is 5. The highest BCUT2D eigenvalue weighted by Gasteiger charge is 2.79. The SMILES string of the molecule is CC(=O)O[C@H]1C(=O)[C@@]2(C)[C@H]([C@H](OC(=O)c3ccccc3)[C@]3(O)C[C@H](OC(=O)[C@H](O)[C@@H](NC(=O)c4ccccc4)c4ccccc4)C(C)=C1C3(C)C)[C@]1(OC(C)=O)CO[C@@H]1C[C@@H]2O.OC[C@H]1O[C@@H]2O[C@H]3[C@H](O)[C@@H](O)[C@@H](O[C@H]4[C@H](O)[C@@H](O)[C@@H](O[C@H]5[C@H](O)[C@@H](O)[C@@H](O[C@H]6[C@H](O)[C@@H](O)[C@@H](O[C@H]7[C@H](O)[C@@H](O)[C@@H](O[C@H]8[C@H](O)[C@@H](O)[C@@H](O[C@H]9[C@H](O)[C@@H](O)[C@@H](O[C@H]1[C@H](O)[C@H]2O)O[C@@H]9CO)O[C@@H]8CO)O[C@@H]7CO)O[C@@H]6CO)O[C@@H]5CO)O[C@@H]4CO)O[C@@H]3CO. The van der Waals surface area contributed by atoms with Gasteiger partial charge in [-0.1, -0.05) is 80.6 Å². The smallest absolute Gasteiger partial charge is 0.338 e. The van der Waals surface area contributed by atoms with Crippen LogP contribution in [0.5, 0.6) is 0 Å². The van der Waals surface area contributed by atoms with E-state index in [1.165, 1.54) is 26.0 Å². The van der Waals surface area contributed by atoms with Gasteiger partial charge in [0.15, 0.2) is 73.9 Å². The van der Waals surface area contributed by atoms with Crippen LogP contribution in [0.25, 0.3) is 0 Å². The van der Waals surface area contributed by atoms with E-state index in [1.54, 1.807) is 92.7 Å². The summed E-state index contributed by atoms with van der Waals surface area (Å²) in [6.07, 6.45) is -92.5. The van der Waals surface area contributed by atoms with E-state index in [9.17, 15) is 162 Å². The number of aliphatic hydroxyl groups excluding tert-OH is 26. The lowest BCUT2D eigenvalue weighted by Crippen LogP contribution is -2.82. The normalized spacial score (nSPS) is 45.6. The average molecular weight is 2150 g/mol. The Balaban J connectivity index is 0.000000238. The molecule has 3 aromatic rings. The number of amides is 1. The molecule has 33 fully saturated rings. The molecule has 150 heavy (non-hydrogen) atoms. The highest BCUT2D eigenvalue weighted by Crippen LogP contribution is 2.65. The number of ketones is 1. The second-order valence-corrected chi connectivity index (χ2v) is 39.8. The number of rotatable bonds is 18. The Labute approximate surface area is 852 Å². The Morgan fingerprint density at radius 1 is 0.393 bits per heavy atom. The van der Waals surface area contributed by atoms with Crippen LogP contribution in [0.3, 0.4) is 0 Å². The average Bonchev–Trinajstić information content (AvgIpc) is 0.664. The van der Waals surface area contributed by atoms with Gasteiger partial charge >= 0.3 is 23.9 Å². The molecule has 37 rings (SSSR count). The zero-order valence-electron chi connectivity index (χ0n) is 81.2. The molecule has 0 radical (unpaired) electrons. The first-order chi connectivity index (χ1) is 71.2. The standard InChI is InChI=1S/C48H80O40.C47H51NO14/c49-1-9-33-17(57)25(65)41(73-9)82-34-10(2-50)75-43(27(67)19(34)59)84-36-12(4-52)77-45(29(69)21(36)61)86-38-14(6-54)79-47(31(71)23(38)63)88-40-16(8-56)80-48(32(72)24(40)64)87-39-15(7-55)78-46(30(70)22(39)62)85-37-13(5-53)76-44(28(68)20(37)60)83-35-11(3-51)74-42(81-33)26(66)18(35)58;1-25-31(60-43(56)36(52)35(28-16-10-7-11-17-28)48-41(54)29-18-12-8-13-19-29)23-47(57)40(61-42(55)30-20-14-9-15-21-30)38-45(6,32(51)22-33-46(38,24-58-33)62-27(3)50)39(53)37(59-26(2)49)34(25)44(47,4)5/h9-72H,1-8H2;7-21,31-33,35-38,40,51-52,57H,22-24H2,1-6H3,(H,48,54)/t9-,10-,11-,12-,13-,14-,15-,16-,17-,18-,19-,20-,21-,22-,23-,24-,25-,26-,27-,28-,29-,30-,31-,32-,33-,34-,35-,36-,37-,38-,39-,40-,41-,42-,43-,44-,45-,46-,47-,48-;31-,32-,33+,35-,36+,37+,38-,40-,45+,46-,47+/m10/s1. The molecule has 31 saturated heterocycles. The molecule has 840 valence electrons. The van der Waals surface area contributed by atoms with Gasteiger partial charge in [-0.25, -0.2) is 9.59 Å². The van der Waals surface area contributed by atoms with Gasteiger partial charge in [-0.15, -0.1) is 0 Å². The second-order valence-electron chi connectivity index (χ2n) is 39.8. The van der Waals surface area contributed by atoms with E-state index in [1.807, 2.05) is 0 Å². The van der Waals surface area contributed by atoms with Crippen molar-refractivity contribution in [3.63, 3.8) is 0 Å². The summed E-state index contributed by atoms with van der Waals surface area (Å²) in [5.41, 5.74) is -7.02. The van der Waals surface area contributed by atoms with Crippen molar-refractivity contribution < 1.29 is 266 Å². The molecule has 0 aromatic heterocycles. The first-order valence-corrected chi connectivity index (χ1v) is 48.6. The van der Waals surface area contributed by atoms with Crippen LogP contribution in [0.1, 0.15) is 86.7 Å². The van der Waals surface area contributed by atoms with Crippen molar-refractivity contribution in [2.24, 2.45) is 16.7 Å². The highest BCUT2D eigenvalue weighted by molar-refractivity contribution is 5.96. The molecular formula is C95H131NO54. The predicted octanol–water partition coefficient (Wildman–Crippen LogP) is -13.7. The Morgan fingerprint density at radius 3 is 0.960 bits per heavy atom. The van der Waals surface area contributed by atoms with Crippen molar-refractivity contribution in [2.75, 3.05) is 59.5 Å². The zero-order chi connectivity index (χ0) is 109. The number of carbonyl (C=O) groups excluding carboxylic acids is 6. The van der Waals surface area contributed by atoms with Gasteiger partial charge in [-0.3, -0.25) is 19.2 Å². The molecule has 31 aliphatic heterocycles. The third kappa shape index (κ3) is 22.2. The van der Waals surface area contributed by atoms with E-state index < -0.39 is 411 Å². The van der Waals surface area contributed by atoms with Gasteiger partial charge in [0, 0.05) is 37.7 Å². The molecule has 31 heterocycles. The molecule has 3 aromatic carbocycles. The molecule has 55 nitrogen and oxygen atoms in total.